The molecule has 2 heterocycles. The van der Waals surface area contributed by atoms with E-state index < -0.39 is 17.7 Å². The number of aromatic nitrogens is 1. The summed E-state index contributed by atoms with van der Waals surface area (Å²) >= 11 is 0. The van der Waals surface area contributed by atoms with E-state index in [0.717, 1.165) is 32.1 Å². The van der Waals surface area contributed by atoms with E-state index in [1.54, 1.807) is 23.2 Å². The van der Waals surface area contributed by atoms with Crippen molar-refractivity contribution >= 4 is 24.0 Å². The van der Waals surface area contributed by atoms with Gasteiger partial charge in [-0.05, 0) is 76.6 Å². The van der Waals surface area contributed by atoms with Crippen LogP contribution in [-0.4, -0.2) is 58.3 Å². The SMILES string of the molecule is CC(C)(C)OC(=O)N(c1ccc(C=CC(=O)O)cn1)[C@@H]1CCN(CC2=CCCCC2)C1. The summed E-state index contributed by atoms with van der Waals surface area (Å²) in [5.41, 5.74) is 1.56. The first-order valence-corrected chi connectivity index (χ1v) is 11.0. The molecule has 1 aromatic heterocycles. The normalized spacial score (nSPS) is 20.0. The number of carbonyl (C=O) groups is 2. The number of likely N-dealkylation sites (tertiary alicyclic amines) is 1. The number of carboxylic acid groups (broad SMARTS) is 1. The van der Waals surface area contributed by atoms with E-state index in [-0.39, 0.29) is 6.04 Å². The number of rotatable bonds is 6. The summed E-state index contributed by atoms with van der Waals surface area (Å²) < 4.78 is 5.69. The molecule has 1 aliphatic carbocycles. The lowest BCUT2D eigenvalue weighted by molar-refractivity contribution is -0.131. The molecule has 2 aliphatic rings. The van der Waals surface area contributed by atoms with Gasteiger partial charge in [0.05, 0.1) is 6.04 Å². The second-order valence-electron chi connectivity index (χ2n) is 9.26. The molecule has 1 aromatic rings. The minimum atomic E-state index is -1.02. The Kier molecular flexibility index (Phi) is 7.49. The van der Waals surface area contributed by atoms with Gasteiger partial charge in [-0.3, -0.25) is 9.80 Å². The van der Waals surface area contributed by atoms with Gasteiger partial charge in [-0.25, -0.2) is 14.6 Å². The number of ether oxygens (including phenoxy) is 1. The van der Waals surface area contributed by atoms with Crippen LogP contribution in [0, 0.1) is 0 Å². The van der Waals surface area contributed by atoms with Crippen molar-refractivity contribution in [3.63, 3.8) is 0 Å². The van der Waals surface area contributed by atoms with Crippen molar-refractivity contribution in [1.82, 2.24) is 9.88 Å². The fourth-order valence-electron chi connectivity index (χ4n) is 4.05. The van der Waals surface area contributed by atoms with Gasteiger partial charge in [-0.2, -0.15) is 0 Å². The largest absolute Gasteiger partial charge is 0.478 e. The Morgan fingerprint density at radius 2 is 2.13 bits per heavy atom. The van der Waals surface area contributed by atoms with Crippen LogP contribution in [0.1, 0.15) is 58.4 Å². The third kappa shape index (κ3) is 6.92. The van der Waals surface area contributed by atoms with Crippen LogP contribution in [0.5, 0.6) is 0 Å². The van der Waals surface area contributed by atoms with Crippen LogP contribution in [0.3, 0.4) is 0 Å². The van der Waals surface area contributed by atoms with Crippen molar-refractivity contribution < 1.29 is 19.4 Å². The number of pyridine rings is 1. The molecule has 1 atom stereocenters. The third-order valence-electron chi connectivity index (χ3n) is 5.45. The molecule has 1 amide bonds. The Morgan fingerprint density at radius 1 is 1.32 bits per heavy atom. The van der Waals surface area contributed by atoms with Gasteiger partial charge in [0.15, 0.2) is 0 Å². The van der Waals surface area contributed by atoms with Gasteiger partial charge < -0.3 is 9.84 Å². The van der Waals surface area contributed by atoms with E-state index in [1.165, 1.54) is 37.3 Å². The number of nitrogens with zero attached hydrogens (tertiary/aromatic N) is 3. The average Bonchev–Trinajstić information content (AvgIpc) is 3.14. The highest BCUT2D eigenvalue weighted by atomic mass is 16.6. The van der Waals surface area contributed by atoms with Crippen molar-refractivity contribution in [2.24, 2.45) is 0 Å². The van der Waals surface area contributed by atoms with Crippen LogP contribution in [0.4, 0.5) is 10.6 Å². The van der Waals surface area contributed by atoms with E-state index >= 15 is 0 Å². The molecule has 1 saturated heterocycles. The second kappa shape index (κ2) is 10.1. The van der Waals surface area contributed by atoms with Crippen LogP contribution in [0.2, 0.25) is 0 Å². The van der Waals surface area contributed by atoms with Crippen molar-refractivity contribution in [2.45, 2.75) is 64.5 Å². The molecule has 1 aliphatic heterocycles. The molecule has 7 nitrogen and oxygen atoms in total. The fraction of sp³-hybridized carbons (Fsp3) is 0.542. The molecule has 0 spiro atoms. The third-order valence-corrected chi connectivity index (χ3v) is 5.45. The monoisotopic (exact) mass is 427 g/mol. The molecule has 0 radical (unpaired) electrons. The molecule has 7 heteroatoms. The molecule has 3 rings (SSSR count). The summed E-state index contributed by atoms with van der Waals surface area (Å²) in [6, 6.07) is 3.49. The van der Waals surface area contributed by atoms with Gasteiger partial charge >= 0.3 is 12.1 Å². The molecular formula is C24H33N3O4. The Bertz CT molecular complexity index is 839. The molecular weight excluding hydrogens is 394 g/mol. The second-order valence-corrected chi connectivity index (χ2v) is 9.26. The standard InChI is InChI=1S/C24H33N3O4/c1-24(2,3)31-23(30)27(21-11-9-18(15-25-21)10-12-22(28)29)20-13-14-26(17-20)16-19-7-5-4-6-8-19/h7,9-12,15,20H,4-6,8,13-14,16-17H2,1-3H3,(H,28,29)/t20-/m1/s1. The Morgan fingerprint density at radius 3 is 2.74 bits per heavy atom. The maximum atomic E-state index is 13.1. The summed E-state index contributed by atoms with van der Waals surface area (Å²) in [5, 5.41) is 8.80. The summed E-state index contributed by atoms with van der Waals surface area (Å²) in [4.78, 5) is 32.3. The van der Waals surface area contributed by atoms with Gasteiger partial charge in [0.1, 0.15) is 11.4 Å². The van der Waals surface area contributed by atoms with Crippen molar-refractivity contribution in [3.05, 3.63) is 41.6 Å². The summed E-state index contributed by atoms with van der Waals surface area (Å²) in [6.45, 7) is 8.23. The van der Waals surface area contributed by atoms with E-state index in [1.807, 2.05) is 20.8 Å². The minimum absolute atomic E-state index is 0.0213. The number of allylic oxidation sites excluding steroid dienone is 1. The molecule has 0 aromatic carbocycles. The Hall–Kier alpha value is -2.67. The summed E-state index contributed by atoms with van der Waals surface area (Å²) in [6.07, 6.45) is 11.8. The zero-order chi connectivity index (χ0) is 22.4. The van der Waals surface area contributed by atoms with E-state index in [4.69, 9.17) is 9.84 Å². The number of aliphatic carboxylic acids is 1. The summed E-state index contributed by atoms with van der Waals surface area (Å²) in [5.74, 6) is -0.496. The number of carbonyl (C=O) groups excluding carboxylic acids is 1. The highest BCUT2D eigenvalue weighted by Crippen LogP contribution is 2.26. The minimum Gasteiger partial charge on any atom is -0.478 e. The smallest absolute Gasteiger partial charge is 0.416 e. The predicted octanol–water partition coefficient (Wildman–Crippen LogP) is 4.50. The maximum absolute atomic E-state index is 13.1. The lowest BCUT2D eigenvalue weighted by Crippen LogP contribution is -2.45. The first-order chi connectivity index (χ1) is 14.7. The lowest BCUT2D eigenvalue weighted by atomic mass is 9.99. The highest BCUT2D eigenvalue weighted by molar-refractivity contribution is 5.88. The fourth-order valence-corrected chi connectivity index (χ4v) is 4.05. The maximum Gasteiger partial charge on any atom is 0.416 e. The molecule has 168 valence electrons. The number of anilines is 1. The number of carboxylic acids is 1. The zero-order valence-corrected chi connectivity index (χ0v) is 18.7. The van der Waals surface area contributed by atoms with Gasteiger partial charge in [0, 0.05) is 31.9 Å². The number of amides is 1. The van der Waals surface area contributed by atoms with Crippen LogP contribution >= 0.6 is 0 Å². The Labute approximate surface area is 184 Å². The van der Waals surface area contributed by atoms with Crippen molar-refractivity contribution in [2.75, 3.05) is 24.5 Å². The van der Waals surface area contributed by atoms with Crippen molar-refractivity contribution in [3.8, 4) is 0 Å². The van der Waals surface area contributed by atoms with E-state index in [0.29, 0.717) is 11.4 Å². The van der Waals surface area contributed by atoms with Crippen molar-refractivity contribution in [1.29, 1.82) is 0 Å². The van der Waals surface area contributed by atoms with Crippen LogP contribution < -0.4 is 4.90 Å². The quantitative estimate of drug-likeness (QED) is 0.532. The molecule has 0 bridgehead atoms. The van der Waals surface area contributed by atoms with Gasteiger partial charge in [-0.1, -0.05) is 11.6 Å². The Balaban J connectivity index is 1.76. The molecule has 1 fully saturated rings. The lowest BCUT2D eigenvalue weighted by Gasteiger charge is -2.31. The predicted molar refractivity (Wildman–Crippen MR) is 121 cm³/mol. The molecule has 1 N–H and O–H groups in total. The zero-order valence-electron chi connectivity index (χ0n) is 18.7. The number of hydrogen-bond acceptors (Lipinski definition) is 5. The summed E-state index contributed by atoms with van der Waals surface area (Å²) in [7, 11) is 0. The molecule has 0 unspecified atom stereocenters. The van der Waals surface area contributed by atoms with E-state index in [2.05, 4.69) is 16.0 Å². The topological polar surface area (TPSA) is 83.0 Å². The van der Waals surface area contributed by atoms with Crippen LogP contribution in [0.25, 0.3) is 6.08 Å². The molecule has 0 saturated carbocycles. The highest BCUT2D eigenvalue weighted by Gasteiger charge is 2.35. The van der Waals surface area contributed by atoms with Gasteiger partial charge in [-0.15, -0.1) is 0 Å². The van der Waals surface area contributed by atoms with Gasteiger partial charge in [0.25, 0.3) is 0 Å². The average molecular weight is 428 g/mol. The van der Waals surface area contributed by atoms with Gasteiger partial charge in [0.2, 0.25) is 0 Å². The van der Waals surface area contributed by atoms with Crippen LogP contribution in [0.15, 0.2) is 36.1 Å². The number of hydrogen-bond donors (Lipinski definition) is 1. The van der Waals surface area contributed by atoms with Crippen LogP contribution in [-0.2, 0) is 9.53 Å². The molecule has 31 heavy (non-hydrogen) atoms. The van der Waals surface area contributed by atoms with E-state index in [9.17, 15) is 9.59 Å². The first-order valence-electron chi connectivity index (χ1n) is 11.0. The first kappa shape index (κ1) is 23.0.